The van der Waals surface area contributed by atoms with E-state index in [9.17, 15) is 30.6 Å². The smallest absolute Gasteiger partial charge is 0.290 e. The zero-order valence-corrected chi connectivity index (χ0v) is 18.2. The van der Waals surface area contributed by atoms with Gasteiger partial charge in [0.2, 0.25) is 0 Å². The summed E-state index contributed by atoms with van der Waals surface area (Å²) in [5.74, 6) is -0.547. The Hall–Kier alpha value is -2.87. The van der Waals surface area contributed by atoms with Crippen LogP contribution in [0.25, 0.3) is 17.0 Å². The molecule has 32 heavy (non-hydrogen) atoms. The van der Waals surface area contributed by atoms with Gasteiger partial charge in [-0.25, -0.2) is 22.6 Å². The third kappa shape index (κ3) is 4.11. The first-order valence-corrected chi connectivity index (χ1v) is 12.8. The van der Waals surface area contributed by atoms with Crippen molar-refractivity contribution in [3.8, 4) is 11.4 Å². The predicted octanol–water partition coefficient (Wildman–Crippen LogP) is 2.62. The number of halogens is 3. The van der Waals surface area contributed by atoms with E-state index in [1.54, 1.807) is 0 Å². The number of carbonyl (C=O) groups is 1. The van der Waals surface area contributed by atoms with Crippen LogP contribution in [-0.4, -0.2) is 55.1 Å². The molecular weight excluding hydrogens is 471 g/mol. The predicted molar refractivity (Wildman–Crippen MR) is 108 cm³/mol. The Morgan fingerprint density at radius 1 is 1.25 bits per heavy atom. The maximum absolute atomic E-state index is 12.9. The van der Waals surface area contributed by atoms with Crippen molar-refractivity contribution in [2.24, 2.45) is 4.36 Å². The minimum absolute atomic E-state index is 0.0148. The Labute approximate surface area is 180 Å². The Balaban J connectivity index is 1.84. The molecule has 1 amide bonds. The summed E-state index contributed by atoms with van der Waals surface area (Å²) >= 11 is 0. The maximum atomic E-state index is 12.9. The number of hydrogen-bond acceptors (Lipinski definition) is 7. The summed E-state index contributed by atoms with van der Waals surface area (Å²) < 4.78 is 81.3. The van der Waals surface area contributed by atoms with E-state index in [4.69, 9.17) is 0 Å². The number of nitrogens with zero attached hydrogens (tertiary/aromatic N) is 5. The molecule has 0 bridgehead atoms. The number of carbonyl (C=O) groups excluding carboxylic acids is 1. The molecule has 0 atom stereocenters. The monoisotopic (exact) mass is 487 g/mol. The van der Waals surface area contributed by atoms with Gasteiger partial charge in [-0.3, -0.25) is 14.2 Å². The second kappa shape index (κ2) is 7.62. The third-order valence-electron chi connectivity index (χ3n) is 4.87. The lowest BCUT2D eigenvalue weighted by Crippen LogP contribution is -2.24. The molecule has 14 heteroatoms. The largest absolute Gasteiger partial charge is 0.433 e. The Morgan fingerprint density at radius 3 is 2.56 bits per heavy atom. The fourth-order valence-corrected chi connectivity index (χ4v) is 5.44. The van der Waals surface area contributed by atoms with E-state index in [0.29, 0.717) is 17.9 Å². The van der Waals surface area contributed by atoms with Crippen molar-refractivity contribution in [3.05, 3.63) is 42.1 Å². The average Bonchev–Trinajstić information content (AvgIpc) is 3.14. The first-order chi connectivity index (χ1) is 14.9. The van der Waals surface area contributed by atoms with Crippen LogP contribution in [0.3, 0.4) is 0 Å². The van der Waals surface area contributed by atoms with E-state index < -0.39 is 37.3 Å². The number of pyridine rings is 1. The summed E-state index contributed by atoms with van der Waals surface area (Å²) in [6.07, 6.45) is -0.692. The molecule has 3 aromatic rings. The summed E-state index contributed by atoms with van der Waals surface area (Å²) in [6, 6.07) is 1.81. The van der Waals surface area contributed by atoms with E-state index in [2.05, 4.69) is 19.3 Å². The van der Waals surface area contributed by atoms with Gasteiger partial charge in [-0.1, -0.05) is 6.92 Å². The number of fused-ring (bicyclic) bond motifs is 1. The van der Waals surface area contributed by atoms with Gasteiger partial charge < -0.3 is 0 Å². The number of aromatic nitrogens is 4. The third-order valence-corrected chi connectivity index (χ3v) is 8.96. The molecule has 1 aliphatic rings. The molecule has 0 aliphatic carbocycles. The van der Waals surface area contributed by atoms with Gasteiger partial charge >= 0.3 is 6.18 Å². The van der Waals surface area contributed by atoms with E-state index in [0.717, 1.165) is 24.7 Å². The van der Waals surface area contributed by atoms with Crippen LogP contribution in [-0.2, 0) is 25.7 Å². The number of sulfone groups is 1. The number of amides is 1. The molecule has 1 saturated heterocycles. The van der Waals surface area contributed by atoms with E-state index in [1.807, 2.05) is 0 Å². The Morgan fingerprint density at radius 2 is 1.97 bits per heavy atom. The molecule has 0 N–H and O–H groups in total. The second-order valence-electron chi connectivity index (χ2n) is 7.07. The highest BCUT2D eigenvalue weighted by Crippen LogP contribution is 2.30. The van der Waals surface area contributed by atoms with Crippen molar-refractivity contribution in [2.45, 2.75) is 24.4 Å². The molecule has 0 radical (unpaired) electrons. The van der Waals surface area contributed by atoms with Crippen molar-refractivity contribution in [3.63, 3.8) is 0 Å². The normalized spacial score (nSPS) is 16.0. The summed E-state index contributed by atoms with van der Waals surface area (Å²) in [5, 5.41) is 0. The number of alkyl halides is 3. The number of imidazole rings is 1. The van der Waals surface area contributed by atoms with Crippen molar-refractivity contribution in [1.29, 1.82) is 0 Å². The van der Waals surface area contributed by atoms with Crippen molar-refractivity contribution < 1.29 is 30.6 Å². The highest BCUT2D eigenvalue weighted by Gasteiger charge is 2.33. The molecule has 4 heterocycles. The first-order valence-electron chi connectivity index (χ1n) is 9.34. The van der Waals surface area contributed by atoms with Crippen LogP contribution in [0.4, 0.5) is 13.2 Å². The van der Waals surface area contributed by atoms with Gasteiger partial charge in [-0.05, 0) is 12.5 Å². The van der Waals surface area contributed by atoms with Crippen molar-refractivity contribution in [2.75, 3.05) is 17.3 Å². The molecule has 1 aliphatic heterocycles. The maximum Gasteiger partial charge on any atom is 0.433 e. The summed E-state index contributed by atoms with van der Waals surface area (Å²) in [6.45, 7) is 1.40. The van der Waals surface area contributed by atoms with Crippen molar-refractivity contribution in [1.82, 2.24) is 19.4 Å². The average molecular weight is 487 g/mol. The fraction of sp³-hybridized carbons (Fsp3) is 0.333. The summed E-state index contributed by atoms with van der Waals surface area (Å²) in [4.78, 5) is 23.6. The second-order valence-corrected chi connectivity index (χ2v) is 11.9. The van der Waals surface area contributed by atoms with Crippen LogP contribution >= 0.6 is 0 Å². The zero-order valence-electron chi connectivity index (χ0n) is 16.5. The van der Waals surface area contributed by atoms with Gasteiger partial charge in [0.1, 0.15) is 29.1 Å². The molecular formula is C18H16F3N5O4S2. The molecule has 0 unspecified atom stereocenters. The minimum Gasteiger partial charge on any atom is -0.290 e. The lowest BCUT2D eigenvalue weighted by molar-refractivity contribution is -0.141. The van der Waals surface area contributed by atoms with Gasteiger partial charge in [0.05, 0.1) is 25.9 Å². The van der Waals surface area contributed by atoms with Crippen LogP contribution in [0, 0.1) is 0 Å². The molecule has 1 fully saturated rings. The first kappa shape index (κ1) is 22.3. The van der Waals surface area contributed by atoms with Gasteiger partial charge in [0.15, 0.2) is 9.84 Å². The molecule has 9 nitrogen and oxygen atoms in total. The lowest BCUT2D eigenvalue weighted by Gasteiger charge is -2.17. The fourth-order valence-electron chi connectivity index (χ4n) is 2.99. The minimum atomic E-state index is -4.67. The van der Waals surface area contributed by atoms with Crippen LogP contribution in [0.15, 0.2) is 40.1 Å². The molecule has 4 rings (SSSR count). The zero-order chi connectivity index (χ0) is 23.3. The lowest BCUT2D eigenvalue weighted by atomic mass is 10.2. The van der Waals surface area contributed by atoms with Gasteiger partial charge in [-0.15, -0.1) is 0 Å². The number of rotatable bonds is 4. The highest BCUT2D eigenvalue weighted by molar-refractivity contribution is 7.95. The van der Waals surface area contributed by atoms with E-state index in [-0.39, 0.29) is 33.2 Å². The molecule has 0 aromatic carbocycles. The van der Waals surface area contributed by atoms with Crippen molar-refractivity contribution >= 4 is 31.1 Å². The van der Waals surface area contributed by atoms with E-state index >= 15 is 0 Å². The van der Waals surface area contributed by atoms with Crippen LogP contribution in [0.1, 0.15) is 29.4 Å². The quantitative estimate of drug-likeness (QED) is 0.554. The molecule has 0 saturated carbocycles. The Kier molecular flexibility index (Phi) is 5.32. The standard InChI is InChI=1S/C18H16F3N5O4S2/c1-2-32(29,30)13-6-11(17(27)25-31(28)4-3-5-31)8-22-16(13)12-9-26-10-23-14(18(19,20)21)7-15(26)24-12/h6-10H,2-5H2,1H3. The topological polar surface area (TPSA) is 124 Å². The molecule has 3 aromatic heterocycles. The molecule has 0 spiro atoms. The summed E-state index contributed by atoms with van der Waals surface area (Å²) in [7, 11) is -6.51. The SMILES string of the molecule is CCS(=O)(=O)c1cc(C(=O)N=S2(=O)CCC2)cnc1-c1cn2cnc(C(F)(F)F)cc2n1. The van der Waals surface area contributed by atoms with Crippen LogP contribution in [0.5, 0.6) is 0 Å². The van der Waals surface area contributed by atoms with Crippen LogP contribution < -0.4 is 0 Å². The summed E-state index contributed by atoms with van der Waals surface area (Å²) in [5.41, 5.74) is -1.56. The van der Waals surface area contributed by atoms with Crippen LogP contribution in [0.2, 0.25) is 0 Å². The number of hydrogen-bond donors (Lipinski definition) is 0. The van der Waals surface area contributed by atoms with Gasteiger partial charge in [0, 0.05) is 30.0 Å². The highest BCUT2D eigenvalue weighted by atomic mass is 32.2. The molecule has 170 valence electrons. The van der Waals surface area contributed by atoms with E-state index in [1.165, 1.54) is 17.5 Å². The Bertz CT molecular complexity index is 1460. The van der Waals surface area contributed by atoms with Gasteiger partial charge in [0.25, 0.3) is 5.91 Å². The van der Waals surface area contributed by atoms with Gasteiger partial charge in [-0.2, -0.15) is 17.5 Å².